The first-order chi connectivity index (χ1) is 11.2. The van der Waals surface area contributed by atoms with Gasteiger partial charge in [-0.2, -0.15) is 0 Å². The third-order valence-electron chi connectivity index (χ3n) is 6.97. The number of carbonyl (C=O) groups excluding carboxylic acids is 1. The fourth-order valence-corrected chi connectivity index (χ4v) is 6.29. The third kappa shape index (κ3) is 1.47. The highest BCUT2D eigenvalue weighted by Crippen LogP contribution is 2.62. The van der Waals surface area contributed by atoms with Crippen molar-refractivity contribution >= 4 is 11.6 Å². The van der Waals surface area contributed by atoms with E-state index in [-0.39, 0.29) is 11.3 Å². The fraction of sp³-hybridized carbons (Fsp3) is 0.550. The van der Waals surface area contributed by atoms with Crippen molar-refractivity contribution in [2.75, 3.05) is 18.0 Å². The van der Waals surface area contributed by atoms with Crippen LogP contribution in [0.3, 0.4) is 0 Å². The molecule has 1 aromatic rings. The Morgan fingerprint density at radius 2 is 2.13 bits per heavy atom. The molecule has 1 saturated carbocycles. The lowest BCUT2D eigenvalue weighted by atomic mass is 9.58. The number of rotatable bonds is 0. The number of hydrogen-bond acceptors (Lipinski definition) is 2. The highest BCUT2D eigenvalue weighted by molar-refractivity contribution is 5.96. The molecule has 4 aliphatic rings. The normalized spacial score (nSPS) is 39.5. The van der Waals surface area contributed by atoms with Crippen LogP contribution in [-0.4, -0.2) is 36.0 Å². The maximum Gasteiger partial charge on any atom is 0.224 e. The van der Waals surface area contributed by atoms with Gasteiger partial charge < -0.3 is 4.90 Å². The van der Waals surface area contributed by atoms with Crippen LogP contribution in [0.1, 0.15) is 38.7 Å². The molecular weight excluding hydrogens is 284 g/mol. The maximum atomic E-state index is 12.5. The number of hydrogen-bond donors (Lipinski definition) is 0. The molecule has 2 saturated heterocycles. The van der Waals surface area contributed by atoms with E-state index in [9.17, 15) is 4.79 Å². The molecule has 5 rings (SSSR count). The fourth-order valence-electron chi connectivity index (χ4n) is 6.29. The van der Waals surface area contributed by atoms with Crippen LogP contribution >= 0.6 is 0 Å². The second-order valence-electron chi connectivity index (χ2n) is 7.66. The average Bonchev–Trinajstić information content (AvgIpc) is 3.09. The van der Waals surface area contributed by atoms with Crippen LogP contribution in [0.5, 0.6) is 0 Å². The Kier molecular flexibility index (Phi) is 2.68. The number of para-hydroxylation sites is 1. The zero-order chi connectivity index (χ0) is 15.8. The zero-order valence-electron chi connectivity index (χ0n) is 14.0. The molecule has 0 radical (unpaired) electrons. The van der Waals surface area contributed by atoms with Gasteiger partial charge >= 0.3 is 0 Å². The Morgan fingerprint density at radius 3 is 2.91 bits per heavy atom. The van der Waals surface area contributed by atoms with Gasteiger partial charge in [-0.3, -0.25) is 9.69 Å². The summed E-state index contributed by atoms with van der Waals surface area (Å²) in [7, 11) is 0. The van der Waals surface area contributed by atoms with E-state index in [0.717, 1.165) is 6.42 Å². The molecule has 1 aliphatic carbocycles. The quantitative estimate of drug-likeness (QED) is 0.688. The predicted octanol–water partition coefficient (Wildman–Crippen LogP) is 3.10. The monoisotopic (exact) mass is 308 g/mol. The summed E-state index contributed by atoms with van der Waals surface area (Å²) in [4.78, 5) is 17.3. The molecular formula is C20H24N2O. The summed E-state index contributed by atoms with van der Waals surface area (Å²) in [5.74, 6) is 0.869. The van der Waals surface area contributed by atoms with E-state index >= 15 is 0 Å². The summed E-state index contributed by atoms with van der Waals surface area (Å²) in [6.45, 7) is 6.35. The summed E-state index contributed by atoms with van der Waals surface area (Å²) in [5, 5.41) is 0. The van der Waals surface area contributed by atoms with Gasteiger partial charge in [0, 0.05) is 30.1 Å². The standard InChI is InChI=1S/C20H24N2O/c1-3-15-14-8-10-21-11-9-20(19(15)21)16-6-4-5-7-17(16)22(13(2)23)18(20)12-14/h3-7,14,18-19H,8-12H2,1-2H3. The van der Waals surface area contributed by atoms with E-state index in [2.05, 4.69) is 47.1 Å². The Labute approximate surface area is 138 Å². The molecule has 0 N–H and O–H groups in total. The van der Waals surface area contributed by atoms with Crippen LogP contribution in [0.2, 0.25) is 0 Å². The van der Waals surface area contributed by atoms with Crippen LogP contribution in [0.15, 0.2) is 35.9 Å². The van der Waals surface area contributed by atoms with E-state index in [1.54, 1.807) is 12.5 Å². The molecule has 1 amide bonds. The summed E-state index contributed by atoms with van der Waals surface area (Å²) in [6, 6.07) is 9.54. The molecule has 2 bridgehead atoms. The summed E-state index contributed by atoms with van der Waals surface area (Å²) in [6.07, 6.45) is 5.96. The second-order valence-corrected chi connectivity index (χ2v) is 7.66. The van der Waals surface area contributed by atoms with Crippen molar-refractivity contribution in [1.29, 1.82) is 0 Å². The predicted molar refractivity (Wildman–Crippen MR) is 91.5 cm³/mol. The van der Waals surface area contributed by atoms with Gasteiger partial charge in [0.05, 0.1) is 0 Å². The summed E-state index contributed by atoms with van der Waals surface area (Å²) < 4.78 is 0. The first-order valence-electron chi connectivity index (χ1n) is 8.98. The van der Waals surface area contributed by atoms with Gasteiger partial charge in [-0.1, -0.05) is 29.8 Å². The molecule has 3 nitrogen and oxygen atoms in total. The molecule has 3 fully saturated rings. The third-order valence-corrected chi connectivity index (χ3v) is 6.97. The van der Waals surface area contributed by atoms with Gasteiger partial charge in [-0.15, -0.1) is 0 Å². The molecule has 4 atom stereocenters. The lowest BCUT2D eigenvalue weighted by Gasteiger charge is -2.53. The highest BCUT2D eigenvalue weighted by Gasteiger charge is 2.65. The average molecular weight is 308 g/mol. The van der Waals surface area contributed by atoms with E-state index in [1.165, 1.54) is 37.2 Å². The van der Waals surface area contributed by atoms with Gasteiger partial charge in [0.15, 0.2) is 0 Å². The maximum absolute atomic E-state index is 12.5. The molecule has 1 aromatic carbocycles. The minimum Gasteiger partial charge on any atom is -0.308 e. The minimum absolute atomic E-state index is 0.126. The molecule has 23 heavy (non-hydrogen) atoms. The minimum atomic E-state index is 0.126. The largest absolute Gasteiger partial charge is 0.308 e. The Bertz CT molecular complexity index is 724. The van der Waals surface area contributed by atoms with Gasteiger partial charge in [-0.25, -0.2) is 0 Å². The van der Waals surface area contributed by atoms with Gasteiger partial charge in [0.1, 0.15) is 0 Å². The van der Waals surface area contributed by atoms with E-state index in [4.69, 9.17) is 0 Å². The molecule has 120 valence electrons. The summed E-state index contributed by atoms with van der Waals surface area (Å²) >= 11 is 0. The van der Waals surface area contributed by atoms with Crippen molar-refractivity contribution in [3.05, 3.63) is 41.5 Å². The molecule has 3 aliphatic heterocycles. The van der Waals surface area contributed by atoms with E-state index in [0.29, 0.717) is 18.0 Å². The number of piperidine rings is 1. The van der Waals surface area contributed by atoms with E-state index < -0.39 is 0 Å². The van der Waals surface area contributed by atoms with Crippen LogP contribution in [0.4, 0.5) is 5.69 Å². The van der Waals surface area contributed by atoms with Crippen LogP contribution in [0.25, 0.3) is 0 Å². The van der Waals surface area contributed by atoms with Gasteiger partial charge in [0.25, 0.3) is 0 Å². The number of anilines is 1. The lowest BCUT2D eigenvalue weighted by molar-refractivity contribution is -0.117. The Morgan fingerprint density at radius 1 is 1.30 bits per heavy atom. The number of benzene rings is 1. The Balaban J connectivity index is 1.78. The SMILES string of the molecule is CC=C1C2CCN3CCC4(c5ccccc5N(C(C)=O)C4C2)C13. The molecule has 4 unspecified atom stereocenters. The lowest BCUT2D eigenvalue weighted by Crippen LogP contribution is -2.61. The van der Waals surface area contributed by atoms with Crippen LogP contribution < -0.4 is 4.90 Å². The van der Waals surface area contributed by atoms with Crippen LogP contribution in [0, 0.1) is 5.92 Å². The molecule has 3 heterocycles. The number of allylic oxidation sites excluding steroid dienone is 1. The van der Waals surface area contributed by atoms with Crippen LogP contribution in [-0.2, 0) is 10.2 Å². The molecule has 0 aromatic heterocycles. The van der Waals surface area contributed by atoms with Gasteiger partial charge in [0.2, 0.25) is 5.91 Å². The number of nitrogens with zero attached hydrogens (tertiary/aromatic N) is 2. The molecule has 1 spiro atoms. The second kappa shape index (κ2) is 4.47. The first kappa shape index (κ1) is 13.8. The first-order valence-corrected chi connectivity index (χ1v) is 8.98. The van der Waals surface area contributed by atoms with Crippen molar-refractivity contribution < 1.29 is 4.79 Å². The zero-order valence-corrected chi connectivity index (χ0v) is 14.0. The number of fused-ring (bicyclic) bond motifs is 2. The van der Waals surface area contributed by atoms with Crippen molar-refractivity contribution in [3.8, 4) is 0 Å². The highest BCUT2D eigenvalue weighted by atomic mass is 16.2. The Hall–Kier alpha value is -1.61. The number of amides is 1. The molecule has 3 heteroatoms. The van der Waals surface area contributed by atoms with Crippen molar-refractivity contribution in [1.82, 2.24) is 4.90 Å². The van der Waals surface area contributed by atoms with Gasteiger partial charge in [-0.05, 0) is 56.8 Å². The van der Waals surface area contributed by atoms with Crippen molar-refractivity contribution in [3.63, 3.8) is 0 Å². The topological polar surface area (TPSA) is 23.6 Å². The summed E-state index contributed by atoms with van der Waals surface area (Å²) in [5.41, 5.74) is 4.37. The smallest absolute Gasteiger partial charge is 0.224 e. The van der Waals surface area contributed by atoms with Crippen molar-refractivity contribution in [2.45, 2.75) is 50.6 Å². The van der Waals surface area contributed by atoms with Crippen molar-refractivity contribution in [2.24, 2.45) is 5.92 Å². The van der Waals surface area contributed by atoms with E-state index in [1.807, 2.05) is 0 Å². The number of carbonyl (C=O) groups is 1.